The van der Waals surface area contributed by atoms with Crippen molar-refractivity contribution in [1.82, 2.24) is 10.3 Å². The molecular weight excluding hydrogens is 404 g/mol. The molecule has 4 bridgehead atoms. The van der Waals surface area contributed by atoms with Gasteiger partial charge in [0, 0.05) is 37.0 Å². The van der Waals surface area contributed by atoms with Gasteiger partial charge >= 0.3 is 6.09 Å². The molecule has 3 N–H and O–H groups in total. The summed E-state index contributed by atoms with van der Waals surface area (Å²) in [7, 11) is 0. The van der Waals surface area contributed by atoms with Crippen LogP contribution in [-0.2, 0) is 15.9 Å². The maximum absolute atomic E-state index is 11.7. The number of fused-ring (bicyclic) bond motifs is 4. The lowest BCUT2D eigenvalue weighted by atomic mass is 10.1. The number of hydrogen-bond acceptors (Lipinski definition) is 8. The topological polar surface area (TPSA) is 106 Å². The van der Waals surface area contributed by atoms with E-state index in [-0.39, 0.29) is 12.8 Å². The standard InChI is InChI=1S/C21H26N4O4S/c22-20-15-12-14(5-6-16(15)25-18-4-1-2-9-28-18)27-10-3-8-23-21(26)29-11-7-19-24-13-17(20)30-19/h5-6,12-13,18,22,25H,1-4,7-11H2,(H,23,26). The van der Waals surface area contributed by atoms with Crippen molar-refractivity contribution in [3.63, 3.8) is 0 Å². The summed E-state index contributed by atoms with van der Waals surface area (Å²) >= 11 is 1.44. The third-order valence-corrected chi connectivity index (χ3v) is 6.04. The Hall–Kier alpha value is -2.65. The van der Waals surface area contributed by atoms with Crippen molar-refractivity contribution in [2.45, 2.75) is 38.3 Å². The maximum Gasteiger partial charge on any atom is 0.407 e. The van der Waals surface area contributed by atoms with Gasteiger partial charge in [-0.3, -0.25) is 5.41 Å². The van der Waals surface area contributed by atoms with Gasteiger partial charge in [-0.1, -0.05) is 0 Å². The molecule has 2 aliphatic heterocycles. The highest BCUT2D eigenvalue weighted by Crippen LogP contribution is 2.29. The molecule has 9 heteroatoms. The first-order chi connectivity index (χ1) is 14.7. The molecule has 1 aromatic carbocycles. The van der Waals surface area contributed by atoms with Crippen molar-refractivity contribution in [3.8, 4) is 5.75 Å². The summed E-state index contributed by atoms with van der Waals surface area (Å²) < 4.78 is 16.9. The molecule has 4 rings (SSSR count). The number of benzene rings is 1. The van der Waals surface area contributed by atoms with Gasteiger partial charge in [0.05, 0.1) is 28.8 Å². The van der Waals surface area contributed by atoms with E-state index in [0.717, 1.165) is 47.0 Å². The molecule has 160 valence electrons. The van der Waals surface area contributed by atoms with Gasteiger partial charge in [0.15, 0.2) is 0 Å². The summed E-state index contributed by atoms with van der Waals surface area (Å²) in [4.78, 5) is 16.8. The molecule has 1 aromatic heterocycles. The molecule has 1 atom stereocenters. The summed E-state index contributed by atoms with van der Waals surface area (Å²) in [5.74, 6) is 0.685. The fourth-order valence-electron chi connectivity index (χ4n) is 3.38. The summed E-state index contributed by atoms with van der Waals surface area (Å²) in [5.41, 5.74) is 1.99. The number of hydrogen-bond donors (Lipinski definition) is 3. The van der Waals surface area contributed by atoms with Crippen LogP contribution >= 0.6 is 11.3 Å². The number of rotatable bonds is 2. The number of amides is 1. The fourth-order valence-corrected chi connectivity index (χ4v) is 4.24. The summed E-state index contributed by atoms with van der Waals surface area (Å²) in [5, 5.41) is 15.8. The van der Waals surface area contributed by atoms with Crippen LogP contribution in [0.3, 0.4) is 0 Å². The number of nitrogens with one attached hydrogen (secondary N) is 3. The highest BCUT2D eigenvalue weighted by atomic mass is 32.1. The number of anilines is 1. The smallest absolute Gasteiger partial charge is 0.407 e. The van der Waals surface area contributed by atoms with Crippen molar-refractivity contribution in [2.24, 2.45) is 0 Å². The first-order valence-electron chi connectivity index (χ1n) is 10.3. The minimum Gasteiger partial charge on any atom is -0.494 e. The number of cyclic esters (lactones) is 1. The van der Waals surface area contributed by atoms with Crippen LogP contribution in [-0.4, -0.2) is 49.4 Å². The Morgan fingerprint density at radius 1 is 1.17 bits per heavy atom. The van der Waals surface area contributed by atoms with Gasteiger partial charge < -0.3 is 24.8 Å². The lowest BCUT2D eigenvalue weighted by Gasteiger charge is -2.26. The zero-order valence-electron chi connectivity index (χ0n) is 16.7. The predicted octanol–water partition coefficient (Wildman–Crippen LogP) is 3.55. The van der Waals surface area contributed by atoms with E-state index in [1.54, 1.807) is 6.20 Å². The van der Waals surface area contributed by atoms with Crippen LogP contribution in [0.25, 0.3) is 0 Å². The van der Waals surface area contributed by atoms with Crippen LogP contribution < -0.4 is 15.4 Å². The van der Waals surface area contributed by atoms with Crippen LogP contribution in [0.1, 0.15) is 41.1 Å². The van der Waals surface area contributed by atoms with Crippen molar-refractivity contribution in [1.29, 1.82) is 5.41 Å². The highest BCUT2D eigenvalue weighted by Gasteiger charge is 2.19. The number of carbonyl (C=O) groups excluding carboxylic acids is 1. The van der Waals surface area contributed by atoms with Crippen LogP contribution in [0.2, 0.25) is 0 Å². The first-order valence-corrected chi connectivity index (χ1v) is 11.1. The molecule has 1 saturated heterocycles. The Morgan fingerprint density at radius 2 is 2.10 bits per heavy atom. The number of nitrogens with zero attached hydrogens (tertiary/aromatic N) is 1. The molecule has 0 spiro atoms. The Labute approximate surface area is 179 Å². The number of ether oxygens (including phenoxy) is 3. The lowest BCUT2D eigenvalue weighted by molar-refractivity contribution is 0.0343. The van der Waals surface area contributed by atoms with E-state index < -0.39 is 6.09 Å². The predicted molar refractivity (Wildman–Crippen MR) is 115 cm³/mol. The van der Waals surface area contributed by atoms with Crippen molar-refractivity contribution >= 4 is 28.8 Å². The SMILES string of the molecule is N=C1c2cnc(s2)CCOC(=O)NCCCOc2ccc(NC3CCCCO3)c1c2. The molecule has 0 saturated carbocycles. The van der Waals surface area contributed by atoms with Crippen molar-refractivity contribution in [3.05, 3.63) is 39.8 Å². The molecule has 1 unspecified atom stereocenters. The van der Waals surface area contributed by atoms with Crippen LogP contribution in [0.4, 0.5) is 10.5 Å². The minimum absolute atomic E-state index is 0.0484. The molecule has 1 amide bonds. The maximum atomic E-state index is 11.7. The third kappa shape index (κ3) is 5.28. The molecule has 2 aromatic rings. The van der Waals surface area contributed by atoms with Gasteiger partial charge in [-0.05, 0) is 43.9 Å². The Kier molecular flexibility index (Phi) is 6.81. The zero-order chi connectivity index (χ0) is 20.8. The number of carbonyl (C=O) groups is 1. The molecular formula is C21H26N4O4S. The lowest BCUT2D eigenvalue weighted by Crippen LogP contribution is -2.28. The van der Waals surface area contributed by atoms with E-state index >= 15 is 0 Å². The molecule has 3 heterocycles. The Morgan fingerprint density at radius 3 is 2.97 bits per heavy atom. The van der Waals surface area contributed by atoms with Gasteiger partial charge in [0.1, 0.15) is 12.0 Å². The second-order valence-corrected chi connectivity index (χ2v) is 8.33. The third-order valence-electron chi connectivity index (χ3n) is 4.96. The molecule has 0 radical (unpaired) electrons. The van der Waals surface area contributed by atoms with Gasteiger partial charge in [-0.2, -0.15) is 0 Å². The van der Waals surface area contributed by atoms with E-state index in [0.29, 0.717) is 37.5 Å². The van der Waals surface area contributed by atoms with Crippen molar-refractivity contribution in [2.75, 3.05) is 31.7 Å². The minimum atomic E-state index is -0.436. The van der Waals surface area contributed by atoms with Crippen LogP contribution in [0.5, 0.6) is 5.75 Å². The molecule has 2 aliphatic rings. The van der Waals surface area contributed by atoms with E-state index in [1.165, 1.54) is 11.3 Å². The quantitative estimate of drug-likeness (QED) is 0.673. The fraction of sp³-hybridized carbons (Fsp3) is 0.476. The van der Waals surface area contributed by atoms with Gasteiger partial charge in [0.2, 0.25) is 0 Å². The second kappa shape index (κ2) is 9.90. The Bertz CT molecular complexity index is 895. The average Bonchev–Trinajstić information content (AvgIpc) is 3.23. The van der Waals surface area contributed by atoms with Crippen molar-refractivity contribution < 1.29 is 19.0 Å². The van der Waals surface area contributed by atoms with E-state index in [2.05, 4.69) is 15.6 Å². The van der Waals surface area contributed by atoms with Crippen LogP contribution in [0.15, 0.2) is 24.4 Å². The molecule has 1 fully saturated rings. The summed E-state index contributed by atoms with van der Waals surface area (Å²) in [6.07, 6.45) is 5.56. The average molecular weight is 431 g/mol. The van der Waals surface area contributed by atoms with Gasteiger partial charge in [-0.15, -0.1) is 11.3 Å². The van der Waals surface area contributed by atoms with E-state index in [9.17, 15) is 4.79 Å². The Balaban J connectivity index is 1.60. The molecule has 30 heavy (non-hydrogen) atoms. The highest BCUT2D eigenvalue weighted by molar-refractivity contribution is 7.13. The second-order valence-electron chi connectivity index (χ2n) is 7.21. The normalized spacial score (nSPS) is 20.6. The van der Waals surface area contributed by atoms with E-state index in [4.69, 9.17) is 19.6 Å². The summed E-state index contributed by atoms with van der Waals surface area (Å²) in [6.45, 7) is 1.93. The van der Waals surface area contributed by atoms with Gasteiger partial charge in [0.25, 0.3) is 0 Å². The van der Waals surface area contributed by atoms with Gasteiger partial charge in [-0.25, -0.2) is 9.78 Å². The largest absolute Gasteiger partial charge is 0.494 e. The first kappa shape index (κ1) is 20.6. The van der Waals surface area contributed by atoms with E-state index in [1.807, 2.05) is 18.2 Å². The molecule has 0 aliphatic carbocycles. The van der Waals surface area contributed by atoms with Crippen LogP contribution in [0, 0.1) is 5.41 Å². The number of alkyl carbamates (subject to hydrolysis) is 1. The number of thiazole rings is 1. The zero-order valence-corrected chi connectivity index (χ0v) is 17.6. The monoisotopic (exact) mass is 430 g/mol. The number of aromatic nitrogens is 1. The molecule has 8 nitrogen and oxygen atoms in total. The summed E-state index contributed by atoms with van der Waals surface area (Å²) in [6, 6.07) is 5.73.